The SMILES string of the molecule is Cc1ccc(C2CC3CCC([C@@H]2COC(c2ccc(F)cc2)c2ccc(F)cc2)N3C)cc1.Cl. The van der Waals surface area contributed by atoms with Gasteiger partial charge in [-0.25, -0.2) is 8.78 Å². The monoisotopic (exact) mass is 483 g/mol. The summed E-state index contributed by atoms with van der Waals surface area (Å²) < 4.78 is 33.8. The van der Waals surface area contributed by atoms with Gasteiger partial charge in [0.05, 0.1) is 6.61 Å². The highest BCUT2D eigenvalue weighted by atomic mass is 35.5. The molecule has 2 heterocycles. The van der Waals surface area contributed by atoms with E-state index in [4.69, 9.17) is 4.74 Å². The Morgan fingerprint density at radius 3 is 1.97 bits per heavy atom. The molecule has 34 heavy (non-hydrogen) atoms. The molecule has 2 bridgehead atoms. The van der Waals surface area contributed by atoms with E-state index in [2.05, 4.69) is 43.1 Å². The smallest absolute Gasteiger partial charge is 0.123 e. The highest BCUT2D eigenvalue weighted by molar-refractivity contribution is 5.85. The fourth-order valence-corrected chi connectivity index (χ4v) is 5.87. The van der Waals surface area contributed by atoms with Crippen LogP contribution in [0, 0.1) is 24.5 Å². The van der Waals surface area contributed by atoms with Gasteiger partial charge >= 0.3 is 0 Å². The Morgan fingerprint density at radius 2 is 1.41 bits per heavy atom. The van der Waals surface area contributed by atoms with Crippen molar-refractivity contribution >= 4 is 12.4 Å². The van der Waals surface area contributed by atoms with Crippen LogP contribution in [0.1, 0.15) is 53.5 Å². The minimum absolute atomic E-state index is 0. The number of ether oxygens (including phenoxy) is 1. The minimum Gasteiger partial charge on any atom is -0.368 e. The van der Waals surface area contributed by atoms with Gasteiger partial charge in [-0.15, -0.1) is 12.4 Å². The fourth-order valence-electron chi connectivity index (χ4n) is 5.87. The first kappa shape index (κ1) is 24.8. The van der Waals surface area contributed by atoms with Gasteiger partial charge in [-0.2, -0.15) is 0 Å². The van der Waals surface area contributed by atoms with Gasteiger partial charge in [0, 0.05) is 18.0 Å². The lowest BCUT2D eigenvalue weighted by molar-refractivity contribution is -0.00339. The lowest BCUT2D eigenvalue weighted by Gasteiger charge is -2.43. The summed E-state index contributed by atoms with van der Waals surface area (Å²) in [5, 5.41) is 0. The molecule has 0 radical (unpaired) electrons. The van der Waals surface area contributed by atoms with Gasteiger partial charge in [-0.1, -0.05) is 54.1 Å². The molecule has 2 fully saturated rings. The van der Waals surface area contributed by atoms with Crippen LogP contribution in [0.25, 0.3) is 0 Å². The average Bonchev–Trinajstić information content (AvgIpc) is 3.06. The molecule has 0 N–H and O–H groups in total. The number of halogens is 3. The molecule has 3 aromatic carbocycles. The number of rotatable bonds is 6. The average molecular weight is 484 g/mol. The third-order valence-corrected chi connectivity index (χ3v) is 7.74. The van der Waals surface area contributed by atoms with E-state index >= 15 is 0 Å². The summed E-state index contributed by atoms with van der Waals surface area (Å²) in [4.78, 5) is 2.55. The van der Waals surface area contributed by atoms with Crippen molar-refractivity contribution in [2.24, 2.45) is 5.92 Å². The van der Waals surface area contributed by atoms with Crippen molar-refractivity contribution in [3.05, 3.63) is 107 Å². The van der Waals surface area contributed by atoms with E-state index in [0.717, 1.165) is 17.5 Å². The number of benzene rings is 3. The zero-order chi connectivity index (χ0) is 22.9. The lowest BCUT2D eigenvalue weighted by Crippen LogP contribution is -2.47. The molecular formula is C29H32ClF2NO. The van der Waals surface area contributed by atoms with Crippen molar-refractivity contribution in [3.63, 3.8) is 0 Å². The van der Waals surface area contributed by atoms with Crippen molar-refractivity contribution < 1.29 is 13.5 Å². The van der Waals surface area contributed by atoms with Gasteiger partial charge in [-0.3, -0.25) is 0 Å². The normalized spacial score (nSPS) is 24.3. The van der Waals surface area contributed by atoms with Crippen LogP contribution in [0.3, 0.4) is 0 Å². The van der Waals surface area contributed by atoms with Gasteiger partial charge in [0.1, 0.15) is 17.7 Å². The Hall–Kier alpha value is -2.27. The topological polar surface area (TPSA) is 12.5 Å². The molecule has 180 valence electrons. The van der Waals surface area contributed by atoms with Crippen LogP contribution < -0.4 is 0 Å². The number of aryl methyl sites for hydroxylation is 1. The van der Waals surface area contributed by atoms with Gasteiger partial charge < -0.3 is 9.64 Å². The summed E-state index contributed by atoms with van der Waals surface area (Å²) in [6, 6.07) is 22.9. The largest absolute Gasteiger partial charge is 0.368 e. The van der Waals surface area contributed by atoms with Crippen LogP contribution in [-0.4, -0.2) is 30.6 Å². The van der Waals surface area contributed by atoms with E-state index in [9.17, 15) is 8.78 Å². The Kier molecular flexibility index (Phi) is 7.71. The van der Waals surface area contributed by atoms with E-state index in [1.807, 2.05) is 0 Å². The van der Waals surface area contributed by atoms with Crippen molar-refractivity contribution in [3.8, 4) is 0 Å². The molecule has 0 spiro atoms. The van der Waals surface area contributed by atoms with Gasteiger partial charge in [0.15, 0.2) is 0 Å². The summed E-state index contributed by atoms with van der Waals surface area (Å²) in [5.41, 5.74) is 4.42. The molecule has 2 saturated heterocycles. The van der Waals surface area contributed by atoms with Crippen LogP contribution in [-0.2, 0) is 4.74 Å². The van der Waals surface area contributed by atoms with Gasteiger partial charge in [-0.05, 0) is 80.1 Å². The van der Waals surface area contributed by atoms with Crippen LogP contribution >= 0.6 is 12.4 Å². The fraction of sp³-hybridized carbons (Fsp3) is 0.379. The van der Waals surface area contributed by atoms with Crippen LogP contribution in [0.15, 0.2) is 72.8 Å². The van der Waals surface area contributed by atoms with Crippen molar-refractivity contribution in [2.45, 2.75) is 50.3 Å². The molecule has 2 aliphatic heterocycles. The quantitative estimate of drug-likeness (QED) is 0.372. The number of hydrogen-bond donors (Lipinski definition) is 0. The molecule has 5 rings (SSSR count). The predicted octanol–water partition coefficient (Wildman–Crippen LogP) is 7.07. The Labute approximate surface area is 207 Å². The maximum absolute atomic E-state index is 13.6. The van der Waals surface area contributed by atoms with Crippen LogP contribution in [0.4, 0.5) is 8.78 Å². The molecule has 0 aromatic heterocycles. The Bertz CT molecular complexity index is 1030. The molecular weight excluding hydrogens is 452 g/mol. The van der Waals surface area contributed by atoms with Gasteiger partial charge in [0.25, 0.3) is 0 Å². The molecule has 4 atom stereocenters. The maximum Gasteiger partial charge on any atom is 0.123 e. The second kappa shape index (κ2) is 10.6. The summed E-state index contributed by atoms with van der Waals surface area (Å²) >= 11 is 0. The van der Waals surface area contributed by atoms with E-state index in [1.54, 1.807) is 24.3 Å². The summed E-state index contributed by atoms with van der Waals surface area (Å²) in [7, 11) is 2.25. The van der Waals surface area contributed by atoms with Crippen LogP contribution in [0.2, 0.25) is 0 Å². The highest BCUT2D eigenvalue weighted by Gasteiger charge is 2.46. The summed E-state index contributed by atoms with van der Waals surface area (Å²) in [5.74, 6) is 0.255. The summed E-state index contributed by atoms with van der Waals surface area (Å²) in [6.45, 7) is 2.72. The molecule has 0 saturated carbocycles. The third-order valence-electron chi connectivity index (χ3n) is 7.74. The van der Waals surface area contributed by atoms with E-state index in [-0.39, 0.29) is 30.1 Å². The maximum atomic E-state index is 13.6. The summed E-state index contributed by atoms with van der Waals surface area (Å²) in [6.07, 6.45) is 3.20. The Balaban J connectivity index is 0.00000274. The van der Waals surface area contributed by atoms with E-state index < -0.39 is 0 Å². The van der Waals surface area contributed by atoms with Crippen molar-refractivity contribution in [1.82, 2.24) is 4.90 Å². The lowest BCUT2D eigenvalue weighted by atomic mass is 9.76. The molecule has 5 heteroatoms. The molecule has 2 aliphatic rings. The number of fused-ring (bicyclic) bond motifs is 2. The zero-order valence-electron chi connectivity index (χ0n) is 19.7. The second-order valence-electron chi connectivity index (χ2n) is 9.70. The third kappa shape index (κ3) is 5.05. The Morgan fingerprint density at radius 1 is 0.853 bits per heavy atom. The first-order valence-electron chi connectivity index (χ1n) is 11.9. The molecule has 2 nitrogen and oxygen atoms in total. The standard InChI is InChI=1S/C29H31F2NO.ClH/c1-19-3-5-20(6-4-19)26-17-25-15-16-28(32(25)2)27(26)18-33-29(21-7-11-23(30)12-8-21)22-9-13-24(31)14-10-22;/h3-14,25-29H,15-18H2,1-2H3;1H/t25?,26?,27-,28?;/m1./s1. The number of piperidine rings is 1. The highest BCUT2D eigenvalue weighted by Crippen LogP contribution is 2.47. The molecule has 0 amide bonds. The van der Waals surface area contributed by atoms with Gasteiger partial charge in [0.2, 0.25) is 0 Å². The second-order valence-corrected chi connectivity index (χ2v) is 9.70. The van der Waals surface area contributed by atoms with E-state index in [1.165, 1.54) is 48.2 Å². The molecule has 0 aliphatic carbocycles. The zero-order valence-corrected chi connectivity index (χ0v) is 20.5. The first-order chi connectivity index (χ1) is 16.0. The molecule has 3 aromatic rings. The number of hydrogen-bond acceptors (Lipinski definition) is 2. The predicted molar refractivity (Wildman–Crippen MR) is 134 cm³/mol. The minimum atomic E-state index is -0.366. The molecule has 3 unspecified atom stereocenters. The number of nitrogens with zero attached hydrogens (tertiary/aromatic N) is 1. The van der Waals surface area contributed by atoms with Crippen LogP contribution in [0.5, 0.6) is 0 Å². The van der Waals surface area contributed by atoms with E-state index in [0.29, 0.717) is 30.5 Å². The first-order valence-corrected chi connectivity index (χ1v) is 11.9. The van der Waals surface area contributed by atoms with Crippen molar-refractivity contribution in [1.29, 1.82) is 0 Å². The van der Waals surface area contributed by atoms with Crippen molar-refractivity contribution in [2.75, 3.05) is 13.7 Å².